The van der Waals surface area contributed by atoms with Crippen LogP contribution in [-0.4, -0.2) is 52.8 Å². The van der Waals surface area contributed by atoms with E-state index >= 15 is 0 Å². The largest absolute Gasteiger partial charge is 0.478 e. The molecule has 1 aromatic heterocycles. The molecule has 0 spiro atoms. The zero-order valence-electron chi connectivity index (χ0n) is 13.7. The molecule has 11 heteroatoms. The highest BCUT2D eigenvalue weighted by Gasteiger charge is 2.53. The number of ether oxygens (including phenoxy) is 2. The summed E-state index contributed by atoms with van der Waals surface area (Å²) in [4.78, 5) is 39.6. The van der Waals surface area contributed by atoms with Gasteiger partial charge in [-0.15, -0.1) is 0 Å². The lowest BCUT2D eigenvalue weighted by atomic mass is 9.95. The number of amides is 1. The van der Waals surface area contributed by atoms with E-state index in [0.29, 0.717) is 0 Å². The van der Waals surface area contributed by atoms with Crippen molar-refractivity contribution in [1.82, 2.24) is 4.98 Å². The number of aromatic nitrogens is 1. The molecule has 0 saturated carbocycles. The number of esters is 1. The Morgan fingerprint density at radius 2 is 2.08 bits per heavy atom. The SMILES string of the molecule is CC(=O)O[C@@H](C(=O)O)[C@@]1(C)OCCN(c2cccc(C(F)(F)F)n2)C1=O. The van der Waals surface area contributed by atoms with E-state index in [0.717, 1.165) is 30.9 Å². The third-order valence-electron chi connectivity index (χ3n) is 3.70. The molecule has 0 aromatic carbocycles. The molecule has 1 aliphatic heterocycles. The lowest BCUT2D eigenvalue weighted by molar-refractivity contribution is -0.193. The van der Waals surface area contributed by atoms with Gasteiger partial charge in [-0.05, 0) is 19.1 Å². The molecule has 0 unspecified atom stereocenters. The Kier molecular flexibility index (Phi) is 5.21. The Morgan fingerprint density at radius 3 is 2.62 bits per heavy atom. The molecule has 2 heterocycles. The molecule has 1 N–H and O–H groups in total. The first-order chi connectivity index (χ1) is 12.0. The first-order valence-corrected chi connectivity index (χ1v) is 7.37. The Hall–Kier alpha value is -2.69. The van der Waals surface area contributed by atoms with Crippen LogP contribution >= 0.6 is 0 Å². The summed E-state index contributed by atoms with van der Waals surface area (Å²) in [6, 6.07) is 3.00. The monoisotopic (exact) mass is 376 g/mol. The number of hydrogen-bond acceptors (Lipinski definition) is 6. The fourth-order valence-corrected chi connectivity index (χ4v) is 2.48. The molecule has 1 fully saturated rings. The third-order valence-corrected chi connectivity index (χ3v) is 3.70. The molecule has 2 rings (SSSR count). The number of pyridine rings is 1. The van der Waals surface area contributed by atoms with Crippen molar-refractivity contribution in [3.8, 4) is 0 Å². The summed E-state index contributed by atoms with van der Waals surface area (Å²) >= 11 is 0. The van der Waals surface area contributed by atoms with Gasteiger partial charge >= 0.3 is 18.1 Å². The lowest BCUT2D eigenvalue weighted by Gasteiger charge is -2.41. The average Bonchev–Trinajstić information content (AvgIpc) is 2.54. The van der Waals surface area contributed by atoms with E-state index in [9.17, 15) is 32.7 Å². The van der Waals surface area contributed by atoms with Crippen LogP contribution in [0.5, 0.6) is 0 Å². The minimum atomic E-state index is -4.71. The highest BCUT2D eigenvalue weighted by Crippen LogP contribution is 2.32. The molecule has 1 aliphatic rings. The van der Waals surface area contributed by atoms with Crippen LogP contribution < -0.4 is 4.90 Å². The van der Waals surface area contributed by atoms with Crippen LogP contribution in [0.1, 0.15) is 19.5 Å². The molecule has 0 radical (unpaired) electrons. The summed E-state index contributed by atoms with van der Waals surface area (Å²) in [5, 5.41) is 9.27. The number of rotatable bonds is 4. The Labute approximate surface area is 145 Å². The maximum Gasteiger partial charge on any atom is 0.433 e. The van der Waals surface area contributed by atoms with E-state index in [1.54, 1.807) is 0 Å². The molecule has 1 aromatic rings. The van der Waals surface area contributed by atoms with E-state index in [4.69, 9.17) is 4.74 Å². The Morgan fingerprint density at radius 1 is 1.42 bits per heavy atom. The Balaban J connectivity index is 2.40. The number of carbonyl (C=O) groups is 3. The van der Waals surface area contributed by atoms with Crippen LogP contribution in [-0.2, 0) is 30.0 Å². The van der Waals surface area contributed by atoms with Crippen molar-refractivity contribution in [3.05, 3.63) is 23.9 Å². The van der Waals surface area contributed by atoms with E-state index < -0.39 is 41.4 Å². The Bertz CT molecular complexity index is 738. The second-order valence-electron chi connectivity index (χ2n) is 5.62. The molecule has 8 nitrogen and oxygen atoms in total. The van der Waals surface area contributed by atoms with Crippen molar-refractivity contribution < 1.29 is 42.1 Å². The van der Waals surface area contributed by atoms with Crippen LogP contribution in [0, 0.1) is 0 Å². The predicted molar refractivity (Wildman–Crippen MR) is 79.1 cm³/mol. The predicted octanol–water partition coefficient (Wildman–Crippen LogP) is 1.24. The third kappa shape index (κ3) is 3.77. The molecule has 142 valence electrons. The van der Waals surface area contributed by atoms with Gasteiger partial charge in [-0.1, -0.05) is 6.07 Å². The number of anilines is 1. The number of carboxylic acid groups (broad SMARTS) is 1. The first kappa shape index (κ1) is 19.6. The second-order valence-corrected chi connectivity index (χ2v) is 5.62. The maximum atomic E-state index is 12.8. The van der Waals surface area contributed by atoms with Gasteiger partial charge in [-0.25, -0.2) is 9.78 Å². The normalized spacial score (nSPS) is 22.0. The van der Waals surface area contributed by atoms with E-state index in [1.165, 1.54) is 6.07 Å². The summed E-state index contributed by atoms with van der Waals surface area (Å²) in [5.74, 6) is -3.88. The minimum absolute atomic E-state index is 0.144. The summed E-state index contributed by atoms with van der Waals surface area (Å²) in [6.45, 7) is 1.72. The van der Waals surface area contributed by atoms with Crippen molar-refractivity contribution in [2.24, 2.45) is 0 Å². The van der Waals surface area contributed by atoms with Gasteiger partial charge in [0, 0.05) is 6.92 Å². The van der Waals surface area contributed by atoms with Crippen molar-refractivity contribution in [2.45, 2.75) is 31.7 Å². The fourth-order valence-electron chi connectivity index (χ4n) is 2.48. The van der Waals surface area contributed by atoms with Gasteiger partial charge in [0.2, 0.25) is 6.10 Å². The summed E-state index contributed by atoms with van der Waals surface area (Å²) in [5.41, 5.74) is -3.32. The van der Waals surface area contributed by atoms with Gasteiger partial charge in [-0.2, -0.15) is 13.2 Å². The second kappa shape index (κ2) is 6.90. The number of alkyl halides is 3. The van der Waals surface area contributed by atoms with Gasteiger partial charge in [0.15, 0.2) is 5.60 Å². The zero-order chi connectivity index (χ0) is 19.7. The van der Waals surface area contributed by atoms with E-state index in [2.05, 4.69) is 9.72 Å². The molecule has 1 saturated heterocycles. The number of carbonyl (C=O) groups excluding carboxylic acids is 2. The molecule has 0 bridgehead atoms. The number of morpholine rings is 1. The maximum absolute atomic E-state index is 12.8. The standard InChI is InChI=1S/C15H15F3N2O6/c1-8(21)26-11(12(22)23)14(2)13(24)20(6-7-25-14)10-5-3-4-9(19-10)15(16,17)18/h3-5,11H,6-7H2,1-2H3,(H,22,23)/t11-,14+/m0/s1. The molecule has 26 heavy (non-hydrogen) atoms. The van der Waals surface area contributed by atoms with Crippen LogP contribution in [0.4, 0.5) is 19.0 Å². The van der Waals surface area contributed by atoms with Gasteiger partial charge in [0.05, 0.1) is 13.2 Å². The van der Waals surface area contributed by atoms with Crippen LogP contribution in [0.3, 0.4) is 0 Å². The average molecular weight is 376 g/mol. The lowest BCUT2D eigenvalue weighted by Crippen LogP contribution is -2.64. The number of hydrogen-bond donors (Lipinski definition) is 1. The van der Waals surface area contributed by atoms with Crippen LogP contribution in [0.25, 0.3) is 0 Å². The smallest absolute Gasteiger partial charge is 0.433 e. The van der Waals surface area contributed by atoms with Crippen LogP contribution in [0.15, 0.2) is 18.2 Å². The fraction of sp³-hybridized carbons (Fsp3) is 0.467. The van der Waals surface area contributed by atoms with Crippen LogP contribution in [0.2, 0.25) is 0 Å². The quantitative estimate of drug-likeness (QED) is 0.788. The number of halogens is 3. The highest BCUT2D eigenvalue weighted by molar-refractivity contribution is 6.03. The summed E-state index contributed by atoms with van der Waals surface area (Å²) < 4.78 is 48.4. The summed E-state index contributed by atoms with van der Waals surface area (Å²) in [7, 11) is 0. The first-order valence-electron chi connectivity index (χ1n) is 7.37. The molecule has 0 aliphatic carbocycles. The van der Waals surface area contributed by atoms with Gasteiger partial charge in [-0.3, -0.25) is 14.5 Å². The molecular formula is C15H15F3N2O6. The topological polar surface area (TPSA) is 106 Å². The highest BCUT2D eigenvalue weighted by atomic mass is 19.4. The zero-order valence-corrected chi connectivity index (χ0v) is 13.7. The van der Waals surface area contributed by atoms with Crippen molar-refractivity contribution in [3.63, 3.8) is 0 Å². The van der Waals surface area contributed by atoms with Crippen molar-refractivity contribution >= 4 is 23.7 Å². The summed E-state index contributed by atoms with van der Waals surface area (Å²) in [6.07, 6.45) is -6.68. The van der Waals surface area contributed by atoms with Crippen molar-refractivity contribution in [2.75, 3.05) is 18.1 Å². The molecule has 2 atom stereocenters. The minimum Gasteiger partial charge on any atom is -0.478 e. The molecular weight excluding hydrogens is 361 g/mol. The number of carboxylic acids is 1. The van der Waals surface area contributed by atoms with E-state index in [1.807, 2.05) is 0 Å². The number of nitrogens with zero attached hydrogens (tertiary/aromatic N) is 2. The van der Waals surface area contributed by atoms with E-state index in [-0.39, 0.29) is 19.0 Å². The molecule has 1 amide bonds. The van der Waals surface area contributed by atoms with Gasteiger partial charge in [0.1, 0.15) is 11.5 Å². The number of aliphatic carboxylic acids is 1. The van der Waals surface area contributed by atoms with Gasteiger partial charge in [0.25, 0.3) is 5.91 Å². The van der Waals surface area contributed by atoms with Gasteiger partial charge < -0.3 is 14.6 Å². The van der Waals surface area contributed by atoms with Crippen molar-refractivity contribution in [1.29, 1.82) is 0 Å².